The van der Waals surface area contributed by atoms with Crippen LogP contribution in [0.25, 0.3) is 0 Å². The van der Waals surface area contributed by atoms with Crippen LogP contribution in [0.5, 0.6) is 0 Å². The standard InChI is InChI=1S/C18H36P2.2B/c1-19(15-17-9-5-3-6-10-17)13-14-20(2)16-18-11-7-4-8-12-18;;/h17-18H,3-16H2,1-2H3;;/t19-,20-;;/m0../s1. The van der Waals surface area contributed by atoms with Crippen molar-refractivity contribution in [2.45, 2.75) is 64.2 Å². The minimum atomic E-state index is 0. The molecule has 2 saturated carbocycles. The van der Waals surface area contributed by atoms with Crippen molar-refractivity contribution in [3.05, 3.63) is 0 Å². The molecule has 124 valence electrons. The maximum Gasteiger partial charge on any atom is 0 e. The summed E-state index contributed by atoms with van der Waals surface area (Å²) in [6, 6.07) is 0. The van der Waals surface area contributed by atoms with Crippen molar-refractivity contribution < 1.29 is 0 Å². The largest absolute Gasteiger partial charge is 0.109 e. The first-order chi connectivity index (χ1) is 9.74. The van der Waals surface area contributed by atoms with Crippen LogP contribution >= 0.6 is 15.8 Å². The summed E-state index contributed by atoms with van der Waals surface area (Å²) in [5, 5.41) is 0. The van der Waals surface area contributed by atoms with E-state index in [1.807, 2.05) is 0 Å². The normalized spacial score (nSPS) is 23.2. The molecule has 0 unspecified atom stereocenters. The molecule has 2 fully saturated rings. The van der Waals surface area contributed by atoms with Gasteiger partial charge in [-0.15, -0.1) is 15.8 Å². The molecule has 0 bridgehead atoms. The molecule has 2 aliphatic rings. The summed E-state index contributed by atoms with van der Waals surface area (Å²) in [5.74, 6) is 2.22. The second kappa shape index (κ2) is 13.3. The van der Waals surface area contributed by atoms with Gasteiger partial charge in [0.15, 0.2) is 0 Å². The molecule has 0 aromatic carbocycles. The lowest BCUT2D eigenvalue weighted by atomic mass is 9.91. The minimum Gasteiger partial charge on any atom is -0.109 e. The highest BCUT2D eigenvalue weighted by Gasteiger charge is 2.18. The number of hydrogen-bond acceptors (Lipinski definition) is 0. The predicted octanol–water partition coefficient (Wildman–Crippen LogP) is 5.61. The van der Waals surface area contributed by atoms with Gasteiger partial charge < -0.3 is 0 Å². The third kappa shape index (κ3) is 9.33. The molecular weight excluding hydrogens is 300 g/mol. The molecule has 0 aromatic heterocycles. The first-order valence-corrected chi connectivity index (χ1v) is 13.4. The Morgan fingerprint density at radius 1 is 0.591 bits per heavy atom. The summed E-state index contributed by atoms with van der Waals surface area (Å²) >= 11 is 0. The summed E-state index contributed by atoms with van der Waals surface area (Å²) in [6.07, 6.45) is 21.7. The van der Waals surface area contributed by atoms with Crippen molar-refractivity contribution in [3.63, 3.8) is 0 Å². The minimum absolute atomic E-state index is 0. The molecule has 0 nitrogen and oxygen atoms in total. The molecule has 0 amide bonds. The monoisotopic (exact) mass is 336 g/mol. The van der Waals surface area contributed by atoms with Gasteiger partial charge in [-0.25, -0.2) is 0 Å². The Morgan fingerprint density at radius 3 is 1.23 bits per heavy atom. The molecule has 0 saturated heterocycles. The van der Waals surface area contributed by atoms with E-state index >= 15 is 0 Å². The van der Waals surface area contributed by atoms with Crippen LogP contribution in [0.4, 0.5) is 0 Å². The Balaban J connectivity index is 0.00000220. The van der Waals surface area contributed by atoms with E-state index in [0.29, 0.717) is 15.8 Å². The first kappa shape index (κ1) is 23.0. The lowest BCUT2D eigenvalue weighted by Crippen LogP contribution is -2.12. The molecule has 2 atom stereocenters. The van der Waals surface area contributed by atoms with Crippen molar-refractivity contribution in [2.24, 2.45) is 11.8 Å². The van der Waals surface area contributed by atoms with Gasteiger partial charge in [-0.05, 0) is 49.8 Å². The number of rotatable bonds is 7. The molecule has 0 aromatic rings. The van der Waals surface area contributed by atoms with E-state index < -0.39 is 0 Å². The molecular formula is C18H36B2P2. The highest BCUT2D eigenvalue weighted by atomic mass is 31.1. The van der Waals surface area contributed by atoms with Crippen molar-refractivity contribution in [2.75, 3.05) is 38.0 Å². The quantitative estimate of drug-likeness (QED) is 0.419. The summed E-state index contributed by atoms with van der Waals surface area (Å²) in [5.41, 5.74) is 0. The zero-order valence-corrected chi connectivity index (χ0v) is 16.9. The fourth-order valence-electron chi connectivity index (χ4n) is 4.14. The average Bonchev–Trinajstić information content (AvgIpc) is 2.47. The van der Waals surface area contributed by atoms with Gasteiger partial charge in [0.2, 0.25) is 0 Å². The third-order valence-corrected chi connectivity index (χ3v) is 10.1. The maximum atomic E-state index is 2.59. The third-order valence-electron chi connectivity index (χ3n) is 5.45. The van der Waals surface area contributed by atoms with Crippen molar-refractivity contribution in [1.82, 2.24) is 0 Å². The van der Waals surface area contributed by atoms with Crippen molar-refractivity contribution >= 4 is 32.7 Å². The highest BCUT2D eigenvalue weighted by Crippen LogP contribution is 2.44. The van der Waals surface area contributed by atoms with Gasteiger partial charge in [0.25, 0.3) is 0 Å². The summed E-state index contributed by atoms with van der Waals surface area (Å²) in [4.78, 5) is 0. The summed E-state index contributed by atoms with van der Waals surface area (Å²) in [6.45, 7) is 5.18. The van der Waals surface area contributed by atoms with Crippen LogP contribution in [0.1, 0.15) is 64.2 Å². The Morgan fingerprint density at radius 2 is 0.909 bits per heavy atom. The molecule has 2 rings (SSSR count). The molecule has 0 aliphatic heterocycles. The fraction of sp³-hybridized carbons (Fsp3) is 1.00. The predicted molar refractivity (Wildman–Crippen MR) is 110 cm³/mol. The number of hydrogen-bond donors (Lipinski definition) is 0. The van der Waals surface area contributed by atoms with E-state index in [1.165, 1.54) is 38.5 Å². The van der Waals surface area contributed by atoms with Gasteiger partial charge in [0.1, 0.15) is 0 Å². The Hall–Kier alpha value is 0.990. The second-order valence-corrected chi connectivity index (χ2v) is 12.6. The zero-order valence-electron chi connectivity index (χ0n) is 15.1. The smallest absolute Gasteiger partial charge is 0 e. The van der Waals surface area contributed by atoms with Gasteiger partial charge in [-0.2, -0.15) is 0 Å². The van der Waals surface area contributed by atoms with Crippen molar-refractivity contribution in [3.8, 4) is 0 Å². The Kier molecular flexibility index (Phi) is 13.9. The van der Waals surface area contributed by atoms with E-state index in [9.17, 15) is 0 Å². The summed E-state index contributed by atoms with van der Waals surface area (Å²) in [7, 11) is 0.714. The van der Waals surface area contributed by atoms with E-state index in [4.69, 9.17) is 0 Å². The van der Waals surface area contributed by atoms with Crippen LogP contribution < -0.4 is 0 Å². The van der Waals surface area contributed by atoms with Crippen LogP contribution in [0.15, 0.2) is 0 Å². The van der Waals surface area contributed by atoms with Gasteiger partial charge in [-0.3, -0.25) is 0 Å². The lowest BCUT2D eigenvalue weighted by Gasteiger charge is -2.27. The van der Waals surface area contributed by atoms with Crippen LogP contribution in [0, 0.1) is 11.8 Å². The molecule has 6 radical (unpaired) electrons. The van der Waals surface area contributed by atoms with Gasteiger partial charge >= 0.3 is 0 Å². The SMILES string of the molecule is C[P@@](CC[P@](C)CC1CCCCC1)CC1CCCCC1.[B].[B]. The molecule has 0 heterocycles. The zero-order chi connectivity index (χ0) is 14.2. The molecule has 0 spiro atoms. The Labute approximate surface area is 147 Å². The second-order valence-electron chi connectivity index (χ2n) is 7.53. The lowest BCUT2D eigenvalue weighted by molar-refractivity contribution is 0.389. The molecule has 22 heavy (non-hydrogen) atoms. The van der Waals surface area contributed by atoms with Crippen LogP contribution in [-0.4, -0.2) is 54.8 Å². The van der Waals surface area contributed by atoms with Crippen LogP contribution in [0.3, 0.4) is 0 Å². The van der Waals surface area contributed by atoms with E-state index in [1.54, 1.807) is 50.3 Å². The highest BCUT2D eigenvalue weighted by molar-refractivity contribution is 7.60. The van der Waals surface area contributed by atoms with Crippen LogP contribution in [-0.2, 0) is 0 Å². The first-order valence-electron chi connectivity index (χ1n) is 9.11. The van der Waals surface area contributed by atoms with Gasteiger partial charge in [-0.1, -0.05) is 64.2 Å². The molecule has 2 aliphatic carbocycles. The Bertz CT molecular complexity index is 225. The van der Waals surface area contributed by atoms with Crippen molar-refractivity contribution in [1.29, 1.82) is 0 Å². The average molecular weight is 336 g/mol. The topological polar surface area (TPSA) is 0 Å². The van der Waals surface area contributed by atoms with E-state index in [0.717, 1.165) is 11.8 Å². The van der Waals surface area contributed by atoms with Crippen LogP contribution in [0.2, 0.25) is 0 Å². The molecule has 4 heteroatoms. The fourth-order valence-corrected chi connectivity index (χ4v) is 9.73. The van der Waals surface area contributed by atoms with E-state index in [2.05, 4.69) is 13.3 Å². The van der Waals surface area contributed by atoms with E-state index in [-0.39, 0.29) is 16.8 Å². The maximum absolute atomic E-state index is 2.59. The molecule has 0 N–H and O–H groups in total. The van der Waals surface area contributed by atoms with Gasteiger partial charge in [0, 0.05) is 16.8 Å². The van der Waals surface area contributed by atoms with Gasteiger partial charge in [0.05, 0.1) is 0 Å². The summed E-state index contributed by atoms with van der Waals surface area (Å²) < 4.78 is 0.